The van der Waals surface area contributed by atoms with Gasteiger partial charge >= 0.3 is 24.0 Å². The van der Waals surface area contributed by atoms with E-state index in [2.05, 4.69) is 29.8 Å². The number of carbonyl (C=O) groups excluding carboxylic acids is 9. The van der Waals surface area contributed by atoms with Crippen LogP contribution in [0.5, 0.6) is 0 Å². The third kappa shape index (κ3) is 48.6. The number of methoxy groups -OCH3 is 2. The number of unbranched alkanes of at least 4 members (excludes halogenated alkanes) is 13. The fourth-order valence-corrected chi connectivity index (χ4v) is 18.5. The van der Waals surface area contributed by atoms with Gasteiger partial charge in [0.2, 0.25) is 17.7 Å². The van der Waals surface area contributed by atoms with Crippen molar-refractivity contribution < 1.29 is 151 Å². The lowest BCUT2D eigenvalue weighted by Gasteiger charge is -2.40. The largest absolute Gasteiger partial charge is 0.466 e. The maximum Gasteiger partial charge on any atom is 0.407 e. The number of hydrogen-bond acceptors (Lipinski definition) is 33. The Hall–Kier alpha value is -4.59. The number of nitrogens with one attached hydrogen (secondary N) is 3. The molecular weight excluding hydrogens is 1710 g/mol. The Bertz CT molecular complexity index is 2820. The first-order valence-corrected chi connectivity index (χ1v) is 49.7. The molecule has 744 valence electrons. The predicted molar refractivity (Wildman–Crippen MR) is 478 cm³/mol. The molecule has 12 N–H and O–H groups in total. The van der Waals surface area contributed by atoms with E-state index in [9.17, 15) is 89.1 Å². The van der Waals surface area contributed by atoms with Gasteiger partial charge in [-0.05, 0) is 141 Å². The second-order valence-corrected chi connectivity index (χ2v) is 38.5. The van der Waals surface area contributed by atoms with Crippen molar-refractivity contribution >= 4 is 74.9 Å². The average Bonchev–Trinajstić information content (AvgIpc) is 1.14. The maximum absolute atomic E-state index is 14.1. The molecule has 0 aromatic rings. The SMILES string of the molecule is COC[C@H]1C[C@H](OC)CN1C(=O)CCCCC(=O)CCC(C)(C)SSCCOCCOC(=O)CC(CCCOC(=O)CCCCCCCNC(=O)CCCOC1OC(CO)C(O)C(O)C1C)(CCCOC(=O)CCCCCCCNC(=O)CCCOC1OC(CO)C(O)C(O)C1C)CCCOC(=O)NCCCCCCCC(=O)CCCOC1OC(CO)C(O)C(O)C1C. The molecule has 15 unspecified atom stereocenters. The first-order chi connectivity index (χ1) is 61.5. The molecule has 17 atom stereocenters. The molecule has 4 fully saturated rings. The van der Waals surface area contributed by atoms with Crippen LogP contribution in [-0.4, -0.2) is 327 Å². The van der Waals surface area contributed by atoms with Gasteiger partial charge in [0, 0.05) is 126 Å². The number of ether oxygens (including phenoxy) is 13. The van der Waals surface area contributed by atoms with E-state index in [0.29, 0.717) is 174 Å². The highest BCUT2D eigenvalue weighted by molar-refractivity contribution is 8.77. The first-order valence-electron chi connectivity index (χ1n) is 47.4. The fraction of sp³-hybridized carbons (Fsp3) is 0.901. The van der Waals surface area contributed by atoms with Crippen molar-refractivity contribution in [2.75, 3.05) is 132 Å². The Labute approximate surface area is 767 Å². The van der Waals surface area contributed by atoms with Crippen LogP contribution in [-0.2, 0) is 99.9 Å². The van der Waals surface area contributed by atoms with Crippen molar-refractivity contribution in [3.63, 3.8) is 0 Å². The van der Waals surface area contributed by atoms with Crippen LogP contribution in [0.1, 0.15) is 279 Å². The van der Waals surface area contributed by atoms with E-state index in [1.54, 1.807) is 56.6 Å². The Balaban J connectivity index is 1.26. The van der Waals surface area contributed by atoms with Crippen LogP contribution in [0, 0.1) is 23.2 Å². The molecule has 0 aliphatic carbocycles. The van der Waals surface area contributed by atoms with E-state index in [4.69, 9.17) is 61.6 Å². The van der Waals surface area contributed by atoms with Crippen molar-refractivity contribution in [3.05, 3.63) is 0 Å². The lowest BCUT2D eigenvalue weighted by Crippen LogP contribution is -2.55. The van der Waals surface area contributed by atoms with E-state index in [1.165, 1.54) is 0 Å². The number of Topliss-reactive ketones (excluding diaryl/α,β-unsaturated/α-hetero) is 2. The summed E-state index contributed by atoms with van der Waals surface area (Å²) in [4.78, 5) is 119. The first kappa shape index (κ1) is 116. The van der Waals surface area contributed by atoms with Gasteiger partial charge in [-0.2, -0.15) is 0 Å². The van der Waals surface area contributed by atoms with Crippen molar-refractivity contribution in [1.82, 2.24) is 20.9 Å². The van der Waals surface area contributed by atoms with E-state index in [0.717, 1.165) is 83.5 Å². The van der Waals surface area contributed by atoms with Gasteiger partial charge in [-0.1, -0.05) is 100 Å². The number of rotatable bonds is 75. The molecule has 0 spiro atoms. The molecule has 4 aliphatic rings. The zero-order valence-electron chi connectivity index (χ0n) is 77.7. The van der Waals surface area contributed by atoms with Gasteiger partial charge in [0.25, 0.3) is 0 Å². The third-order valence-corrected chi connectivity index (χ3v) is 27.5. The monoisotopic (exact) mass is 1870 g/mol. The van der Waals surface area contributed by atoms with Gasteiger partial charge in [0.1, 0.15) is 54.8 Å². The van der Waals surface area contributed by atoms with Crippen LogP contribution >= 0.6 is 21.6 Å². The van der Waals surface area contributed by atoms with Crippen molar-refractivity contribution in [2.45, 2.75) is 369 Å². The molecule has 0 aromatic carbocycles. The van der Waals surface area contributed by atoms with Crippen molar-refractivity contribution in [3.8, 4) is 0 Å². The highest BCUT2D eigenvalue weighted by atomic mass is 33.1. The van der Waals surface area contributed by atoms with Crippen molar-refractivity contribution in [2.24, 2.45) is 23.2 Å². The van der Waals surface area contributed by atoms with Crippen LogP contribution < -0.4 is 16.0 Å². The van der Waals surface area contributed by atoms with E-state index < -0.39 is 129 Å². The lowest BCUT2D eigenvalue weighted by atomic mass is 9.73. The van der Waals surface area contributed by atoms with Crippen LogP contribution in [0.15, 0.2) is 0 Å². The molecule has 35 nitrogen and oxygen atoms in total. The van der Waals surface area contributed by atoms with Gasteiger partial charge in [-0.3, -0.25) is 38.4 Å². The topological polar surface area (TPSA) is 495 Å². The summed E-state index contributed by atoms with van der Waals surface area (Å²) in [6.07, 6.45) is 7.59. The molecule has 4 heterocycles. The summed E-state index contributed by atoms with van der Waals surface area (Å²) in [5.41, 5.74) is -0.775. The van der Waals surface area contributed by atoms with E-state index in [1.807, 2.05) is 4.90 Å². The zero-order chi connectivity index (χ0) is 93.9. The van der Waals surface area contributed by atoms with E-state index in [-0.39, 0.29) is 143 Å². The molecule has 37 heteroatoms. The summed E-state index contributed by atoms with van der Waals surface area (Å²) in [5.74, 6) is -2.06. The molecule has 4 aliphatic heterocycles. The highest BCUT2D eigenvalue weighted by Gasteiger charge is 2.46. The maximum atomic E-state index is 14.1. The molecule has 128 heavy (non-hydrogen) atoms. The Morgan fingerprint density at radius 2 is 0.812 bits per heavy atom. The summed E-state index contributed by atoms with van der Waals surface area (Å²) >= 11 is 0. The number of aliphatic hydroxyl groups is 9. The molecule has 4 rings (SSSR count). The molecule has 0 radical (unpaired) electrons. The standard InChI is InChI=1S/C91H162N4O31S2/c1-64-80(107)83(110)71(60-96)124-86(64)120-47-25-33-68(99)31-17-11-8-16-24-46-94-89(113)123-52-30-42-91(40-28-50-117-77(104)37-18-12-9-14-22-44-92-74(101)34-26-48-121-87-65(2)81(108)84(111)72(61-97)125-87,41-29-51-118-78(105)38-19-13-10-15-23-45-93-75(102)35-27-49-122-88-66(3)82(109)85(112)73(62-98)126-88)58-79(106)119-54-53-116-55-56-127-128-90(4,5)43-39-69(100)32-20-21-36-76(103)95-59-70(115-7)57-67(95)63-114-6/h64-67,70-73,80-88,96-98,107-112H,8-63H2,1-7H3,(H,92,101)(H,93,102)(H,94,113)/t64?,65?,66?,67-,70+,71?,72?,73?,80?,81?,82?,83?,84?,85?,86?,87?,88?,91?/m1/s1. The predicted octanol–water partition coefficient (Wildman–Crippen LogP) is 7.85. The zero-order valence-corrected chi connectivity index (χ0v) is 79.3. The number of esters is 3. The van der Waals surface area contributed by atoms with Gasteiger partial charge in [0.05, 0.1) is 116 Å². The lowest BCUT2D eigenvalue weighted by molar-refractivity contribution is -0.282. The van der Waals surface area contributed by atoms with Crippen molar-refractivity contribution in [1.29, 1.82) is 0 Å². The van der Waals surface area contributed by atoms with Gasteiger partial charge in [-0.15, -0.1) is 0 Å². The molecule has 4 amide bonds. The number of carbonyl (C=O) groups is 9. The summed E-state index contributed by atoms with van der Waals surface area (Å²) in [6, 6.07) is -0.00759. The number of alkyl carbamates (subject to hydrolysis) is 1. The number of likely N-dealkylation sites (tertiary alicyclic amines) is 1. The summed E-state index contributed by atoms with van der Waals surface area (Å²) in [5, 5.41) is 98.4. The van der Waals surface area contributed by atoms with Crippen LogP contribution in [0.3, 0.4) is 0 Å². The summed E-state index contributed by atoms with van der Waals surface area (Å²) in [6.45, 7) is 11.5. The molecule has 0 bridgehead atoms. The number of hydrogen-bond donors (Lipinski definition) is 12. The second kappa shape index (κ2) is 68.4. The molecule has 0 aromatic heterocycles. The fourth-order valence-electron chi connectivity index (χ4n) is 16.1. The smallest absolute Gasteiger partial charge is 0.407 e. The quantitative estimate of drug-likeness (QED) is 0.0119. The van der Waals surface area contributed by atoms with Crippen LogP contribution in [0.2, 0.25) is 0 Å². The molecular formula is C91H162N4O31S2. The molecule has 0 saturated carbocycles. The third-order valence-electron chi connectivity index (χ3n) is 24.2. The number of ketones is 2. The molecule has 4 saturated heterocycles. The summed E-state index contributed by atoms with van der Waals surface area (Å²) < 4.78 is 73.6. The average molecular weight is 1870 g/mol. The Kier molecular flexibility index (Phi) is 61.8. The van der Waals surface area contributed by atoms with Crippen LogP contribution in [0.25, 0.3) is 0 Å². The number of amides is 4. The minimum Gasteiger partial charge on any atom is -0.466 e. The normalized spacial score (nSPS) is 24.7. The Morgan fingerprint density at radius 3 is 1.27 bits per heavy atom. The Morgan fingerprint density at radius 1 is 0.414 bits per heavy atom. The van der Waals surface area contributed by atoms with E-state index >= 15 is 0 Å². The second-order valence-electron chi connectivity index (χ2n) is 35.4. The minimum absolute atomic E-state index is 0.00649. The number of nitrogens with zero attached hydrogens (tertiary/aromatic N) is 1. The van der Waals surface area contributed by atoms with Gasteiger partial charge in [-0.25, -0.2) is 4.79 Å². The van der Waals surface area contributed by atoms with Gasteiger partial charge < -0.3 is 128 Å². The minimum atomic E-state index is -1.23. The van der Waals surface area contributed by atoms with Gasteiger partial charge in [0.15, 0.2) is 18.9 Å². The highest BCUT2D eigenvalue weighted by Crippen LogP contribution is 2.41. The van der Waals surface area contributed by atoms with Crippen LogP contribution in [0.4, 0.5) is 4.79 Å². The number of aliphatic hydroxyl groups excluding tert-OH is 9. The summed E-state index contributed by atoms with van der Waals surface area (Å²) in [7, 11) is 6.60.